The van der Waals surface area contributed by atoms with Crippen LogP contribution in [0.5, 0.6) is 0 Å². The monoisotopic (exact) mass is 327 g/mol. The van der Waals surface area contributed by atoms with E-state index in [9.17, 15) is 23.2 Å². The number of thioether (sulfide) groups is 1. The number of hydrogen-bond acceptors (Lipinski definition) is 5. The summed E-state index contributed by atoms with van der Waals surface area (Å²) in [6, 6.07) is 2.75. The van der Waals surface area contributed by atoms with Crippen LogP contribution in [0.2, 0.25) is 0 Å². The molecule has 1 aromatic carbocycles. The molecule has 1 aromatic rings. The molecule has 1 fully saturated rings. The average molecular weight is 327 g/mol. The molecule has 0 aromatic heterocycles. The molecule has 1 amide bonds. The normalized spacial score (nSPS) is 16.2. The van der Waals surface area contributed by atoms with Gasteiger partial charge < -0.3 is 4.74 Å². The molecule has 1 saturated heterocycles. The van der Waals surface area contributed by atoms with Crippen LogP contribution in [-0.2, 0) is 14.3 Å². The quantitative estimate of drug-likeness (QED) is 0.479. The topological polar surface area (TPSA) is 63.7 Å². The number of benzene rings is 1. The fourth-order valence-corrected chi connectivity index (χ4v) is 2.69. The zero-order chi connectivity index (χ0) is 16.3. The third-order valence-electron chi connectivity index (χ3n) is 2.90. The molecule has 1 aliphatic heterocycles. The van der Waals surface area contributed by atoms with E-state index in [1.54, 1.807) is 0 Å². The van der Waals surface area contributed by atoms with Crippen LogP contribution >= 0.6 is 11.8 Å². The second-order valence-electron chi connectivity index (χ2n) is 4.33. The van der Waals surface area contributed by atoms with Crippen LogP contribution < -0.4 is 0 Å². The Bertz CT molecular complexity index is 675. The summed E-state index contributed by atoms with van der Waals surface area (Å²) >= 11 is 1.10. The third kappa shape index (κ3) is 3.51. The Morgan fingerprint density at radius 1 is 1.36 bits per heavy atom. The van der Waals surface area contributed by atoms with E-state index in [0.29, 0.717) is 0 Å². The number of amides is 1. The second kappa shape index (κ2) is 6.69. The lowest BCUT2D eigenvalue weighted by molar-refractivity contribution is -0.134. The minimum Gasteiger partial charge on any atom is -0.466 e. The highest BCUT2D eigenvalue weighted by Gasteiger charge is 2.29. The van der Waals surface area contributed by atoms with Crippen molar-refractivity contribution >= 4 is 29.4 Å². The van der Waals surface area contributed by atoms with Crippen LogP contribution in [-0.4, -0.2) is 42.0 Å². The number of Topliss-reactive ketones (excluding diaryl/α,β-unsaturated/α-hetero) is 1. The summed E-state index contributed by atoms with van der Waals surface area (Å²) in [6.07, 6.45) is 1.11. The molecule has 2 rings (SSSR count). The zero-order valence-electron chi connectivity index (χ0n) is 11.5. The van der Waals surface area contributed by atoms with Gasteiger partial charge in [-0.25, -0.2) is 13.6 Å². The van der Waals surface area contributed by atoms with Gasteiger partial charge in [0.2, 0.25) is 5.91 Å². The van der Waals surface area contributed by atoms with Gasteiger partial charge in [0.15, 0.2) is 17.4 Å². The molecule has 0 radical (unpaired) electrons. The first-order valence-corrected chi connectivity index (χ1v) is 7.12. The lowest BCUT2D eigenvalue weighted by atomic mass is 10.1. The Morgan fingerprint density at radius 3 is 2.73 bits per heavy atom. The van der Waals surface area contributed by atoms with Crippen LogP contribution in [0, 0.1) is 11.6 Å². The lowest BCUT2D eigenvalue weighted by Crippen LogP contribution is -2.31. The van der Waals surface area contributed by atoms with E-state index < -0.39 is 23.4 Å². The number of ketones is 1. The summed E-state index contributed by atoms with van der Waals surface area (Å²) in [7, 11) is 1.19. The summed E-state index contributed by atoms with van der Waals surface area (Å²) in [6.45, 7) is -0.361. The standard InChI is InChI=1S/C14H11F2NO4S/c1-21-14(20)5-13-17(12(19)7-22-13)6-11(18)8-2-3-9(15)10(16)4-8/h2-5H,6-7H2,1H3/b13-5+. The van der Waals surface area contributed by atoms with Gasteiger partial charge in [-0.2, -0.15) is 0 Å². The molecule has 0 unspecified atom stereocenters. The van der Waals surface area contributed by atoms with Gasteiger partial charge >= 0.3 is 5.97 Å². The van der Waals surface area contributed by atoms with Crippen LogP contribution in [0.25, 0.3) is 0 Å². The Hall–Kier alpha value is -2.22. The maximum absolute atomic E-state index is 13.1. The average Bonchev–Trinajstić information content (AvgIpc) is 2.82. The molecule has 116 valence electrons. The number of hydrogen-bond donors (Lipinski definition) is 0. The van der Waals surface area contributed by atoms with Crippen molar-refractivity contribution in [2.24, 2.45) is 0 Å². The molecule has 1 aliphatic rings. The van der Waals surface area contributed by atoms with Gasteiger partial charge in [-0.1, -0.05) is 11.8 Å². The Kier molecular flexibility index (Phi) is 4.92. The minimum absolute atomic E-state index is 0.0546. The summed E-state index contributed by atoms with van der Waals surface area (Å²) in [5.74, 6) is -3.67. The van der Waals surface area contributed by atoms with Crippen molar-refractivity contribution in [3.05, 3.63) is 46.5 Å². The van der Waals surface area contributed by atoms with E-state index in [1.807, 2.05) is 0 Å². The van der Waals surface area contributed by atoms with E-state index in [0.717, 1.165) is 40.9 Å². The first-order valence-electron chi connectivity index (χ1n) is 6.13. The van der Waals surface area contributed by atoms with Gasteiger partial charge in [-0.05, 0) is 18.2 Å². The molecule has 0 N–H and O–H groups in total. The Morgan fingerprint density at radius 2 is 2.09 bits per heavy atom. The number of nitrogens with zero attached hydrogens (tertiary/aromatic N) is 1. The fourth-order valence-electron chi connectivity index (χ4n) is 1.76. The predicted octanol–water partition coefficient (Wildman–Crippen LogP) is 1.74. The Balaban J connectivity index is 2.18. The fraction of sp³-hybridized carbons (Fsp3) is 0.214. The van der Waals surface area contributed by atoms with Gasteiger partial charge in [0.25, 0.3) is 0 Å². The van der Waals surface area contributed by atoms with E-state index in [1.165, 1.54) is 7.11 Å². The first-order chi connectivity index (χ1) is 10.4. The second-order valence-corrected chi connectivity index (χ2v) is 5.32. The summed E-state index contributed by atoms with van der Waals surface area (Å²) < 4.78 is 30.5. The molecular formula is C14H11F2NO4S. The number of carbonyl (C=O) groups excluding carboxylic acids is 3. The van der Waals surface area contributed by atoms with Gasteiger partial charge in [0, 0.05) is 5.56 Å². The number of halogens is 2. The molecule has 8 heteroatoms. The molecule has 0 atom stereocenters. The number of carbonyl (C=O) groups is 3. The SMILES string of the molecule is COC(=O)/C=C1/SCC(=O)N1CC(=O)c1ccc(F)c(F)c1. The molecule has 22 heavy (non-hydrogen) atoms. The number of methoxy groups -OCH3 is 1. The van der Waals surface area contributed by atoms with Crippen molar-refractivity contribution in [3.63, 3.8) is 0 Å². The van der Waals surface area contributed by atoms with Crippen molar-refractivity contribution in [3.8, 4) is 0 Å². The number of ether oxygens (including phenoxy) is 1. The van der Waals surface area contributed by atoms with Crippen molar-refractivity contribution in [2.75, 3.05) is 19.4 Å². The van der Waals surface area contributed by atoms with Crippen LogP contribution in [0.3, 0.4) is 0 Å². The number of esters is 1. The molecule has 0 aliphatic carbocycles. The highest BCUT2D eigenvalue weighted by atomic mass is 32.2. The summed E-state index contributed by atoms with van der Waals surface area (Å²) in [5.41, 5.74) is -0.0546. The number of rotatable bonds is 4. The zero-order valence-corrected chi connectivity index (χ0v) is 12.3. The van der Waals surface area contributed by atoms with E-state index in [4.69, 9.17) is 0 Å². The molecule has 1 heterocycles. The van der Waals surface area contributed by atoms with Gasteiger partial charge in [0.1, 0.15) is 0 Å². The third-order valence-corrected chi connectivity index (χ3v) is 3.92. The molecule has 5 nitrogen and oxygen atoms in total. The highest BCUT2D eigenvalue weighted by Crippen LogP contribution is 2.29. The van der Waals surface area contributed by atoms with Gasteiger partial charge in [-0.3, -0.25) is 14.5 Å². The highest BCUT2D eigenvalue weighted by molar-refractivity contribution is 8.04. The van der Waals surface area contributed by atoms with Gasteiger partial charge in [-0.15, -0.1) is 0 Å². The minimum atomic E-state index is -1.14. The van der Waals surface area contributed by atoms with Crippen LogP contribution in [0.4, 0.5) is 8.78 Å². The van der Waals surface area contributed by atoms with Crippen molar-refractivity contribution in [1.82, 2.24) is 4.90 Å². The molecular weight excluding hydrogens is 316 g/mol. The van der Waals surface area contributed by atoms with Crippen molar-refractivity contribution in [1.29, 1.82) is 0 Å². The molecule has 0 spiro atoms. The van der Waals surface area contributed by atoms with E-state index in [2.05, 4.69) is 4.74 Å². The smallest absolute Gasteiger partial charge is 0.333 e. The van der Waals surface area contributed by atoms with E-state index in [-0.39, 0.29) is 28.8 Å². The largest absolute Gasteiger partial charge is 0.466 e. The molecule has 0 bridgehead atoms. The first kappa shape index (κ1) is 16.2. The maximum atomic E-state index is 13.1. The predicted molar refractivity (Wildman–Crippen MR) is 75.0 cm³/mol. The lowest BCUT2D eigenvalue weighted by Gasteiger charge is -2.16. The van der Waals surface area contributed by atoms with Gasteiger partial charge in [0.05, 0.1) is 30.5 Å². The molecule has 0 saturated carbocycles. The summed E-state index contributed by atoms with van der Waals surface area (Å²) in [4.78, 5) is 36.2. The van der Waals surface area contributed by atoms with Crippen molar-refractivity contribution < 1.29 is 27.9 Å². The van der Waals surface area contributed by atoms with Crippen molar-refractivity contribution in [2.45, 2.75) is 0 Å². The Labute approximate surface area is 128 Å². The summed E-state index contributed by atoms with van der Waals surface area (Å²) in [5, 5.41) is 0.285. The maximum Gasteiger partial charge on any atom is 0.333 e. The van der Waals surface area contributed by atoms with Crippen LogP contribution in [0.15, 0.2) is 29.3 Å². The van der Waals surface area contributed by atoms with E-state index >= 15 is 0 Å². The van der Waals surface area contributed by atoms with Crippen LogP contribution in [0.1, 0.15) is 10.4 Å².